The highest BCUT2D eigenvalue weighted by atomic mass is 32.1. The van der Waals surface area contributed by atoms with E-state index in [-0.39, 0.29) is 10.9 Å². The fraction of sp³-hybridized carbons (Fsp3) is 0.818. The molecule has 1 unspecified atom stereocenters. The minimum atomic E-state index is -0.393. The third kappa shape index (κ3) is 7.59. The lowest BCUT2D eigenvalue weighted by Crippen LogP contribution is -2.36. The number of nitrogens with one attached hydrogen (secondary N) is 1. The first-order valence-corrected chi connectivity index (χ1v) is 6.15. The lowest BCUT2D eigenvalue weighted by Gasteiger charge is -2.10. The van der Waals surface area contributed by atoms with Crippen molar-refractivity contribution in [1.82, 2.24) is 5.32 Å². The molecule has 0 saturated carbocycles. The van der Waals surface area contributed by atoms with Gasteiger partial charge in [0.1, 0.15) is 0 Å². The summed E-state index contributed by atoms with van der Waals surface area (Å²) in [5.41, 5.74) is 5.37. The summed E-state index contributed by atoms with van der Waals surface area (Å²) in [5.74, 6) is -0.503. The van der Waals surface area contributed by atoms with Gasteiger partial charge in [-0.3, -0.25) is 4.79 Å². The lowest BCUT2D eigenvalue weighted by molar-refractivity contribution is -0.122. The molecule has 0 aliphatic rings. The van der Waals surface area contributed by atoms with E-state index in [2.05, 4.69) is 12.2 Å². The molecule has 0 aromatic carbocycles. The minimum absolute atomic E-state index is 0.110. The quantitative estimate of drug-likeness (QED) is 0.474. The van der Waals surface area contributed by atoms with Crippen LogP contribution in [0.2, 0.25) is 0 Å². The van der Waals surface area contributed by atoms with E-state index in [0.29, 0.717) is 13.2 Å². The molecule has 1 atom stereocenters. The van der Waals surface area contributed by atoms with Gasteiger partial charge >= 0.3 is 0 Å². The zero-order valence-electron chi connectivity index (χ0n) is 10.1. The van der Waals surface area contributed by atoms with E-state index in [1.54, 1.807) is 6.92 Å². The van der Waals surface area contributed by atoms with Gasteiger partial charge < -0.3 is 15.8 Å². The second-order valence-electron chi connectivity index (χ2n) is 3.73. The molecule has 0 aliphatic carbocycles. The number of amides is 1. The van der Waals surface area contributed by atoms with E-state index in [9.17, 15) is 4.79 Å². The van der Waals surface area contributed by atoms with Crippen LogP contribution < -0.4 is 11.1 Å². The highest BCUT2D eigenvalue weighted by Gasteiger charge is 2.14. The van der Waals surface area contributed by atoms with Crippen molar-refractivity contribution in [2.24, 2.45) is 11.7 Å². The molecule has 0 saturated heterocycles. The van der Waals surface area contributed by atoms with Gasteiger partial charge in [0.25, 0.3) is 0 Å². The fourth-order valence-corrected chi connectivity index (χ4v) is 1.12. The second kappa shape index (κ2) is 9.54. The van der Waals surface area contributed by atoms with Crippen molar-refractivity contribution in [3.05, 3.63) is 0 Å². The van der Waals surface area contributed by atoms with Gasteiger partial charge in [-0.15, -0.1) is 0 Å². The number of thiocarbonyl (C=S) groups is 1. The summed E-state index contributed by atoms with van der Waals surface area (Å²) in [7, 11) is 0. The number of carbonyl (C=O) groups excluding carboxylic acids is 1. The van der Waals surface area contributed by atoms with Gasteiger partial charge in [0.15, 0.2) is 0 Å². The van der Waals surface area contributed by atoms with Crippen LogP contribution in [0, 0.1) is 5.92 Å². The van der Waals surface area contributed by atoms with E-state index < -0.39 is 5.92 Å². The first-order valence-electron chi connectivity index (χ1n) is 5.74. The van der Waals surface area contributed by atoms with Crippen molar-refractivity contribution in [2.45, 2.75) is 33.1 Å². The van der Waals surface area contributed by atoms with Gasteiger partial charge in [-0.25, -0.2) is 0 Å². The van der Waals surface area contributed by atoms with Crippen LogP contribution in [0.3, 0.4) is 0 Å². The van der Waals surface area contributed by atoms with Crippen LogP contribution >= 0.6 is 12.2 Å². The molecule has 0 aromatic rings. The lowest BCUT2D eigenvalue weighted by atomic mass is 10.1. The maximum atomic E-state index is 11.4. The number of nitrogens with two attached hydrogens (primary N) is 1. The molecule has 0 bridgehead atoms. The van der Waals surface area contributed by atoms with Crippen LogP contribution in [0.5, 0.6) is 0 Å². The van der Waals surface area contributed by atoms with Crippen LogP contribution in [0.1, 0.15) is 33.1 Å². The molecule has 0 fully saturated rings. The van der Waals surface area contributed by atoms with Crippen LogP contribution in [0.15, 0.2) is 0 Å². The van der Waals surface area contributed by atoms with Crippen molar-refractivity contribution in [3.8, 4) is 0 Å². The second-order valence-corrected chi connectivity index (χ2v) is 4.21. The average molecular weight is 246 g/mol. The summed E-state index contributed by atoms with van der Waals surface area (Å²) in [5, 5.41) is 2.77. The molecule has 4 nitrogen and oxygen atoms in total. The van der Waals surface area contributed by atoms with Gasteiger partial charge in [0.2, 0.25) is 5.91 Å². The maximum Gasteiger partial charge on any atom is 0.229 e. The van der Waals surface area contributed by atoms with Crippen LogP contribution in [-0.2, 0) is 9.53 Å². The Morgan fingerprint density at radius 1 is 1.44 bits per heavy atom. The summed E-state index contributed by atoms with van der Waals surface area (Å²) < 4.78 is 5.36. The molecule has 0 spiro atoms. The largest absolute Gasteiger partial charge is 0.393 e. The molecule has 0 rings (SSSR count). The van der Waals surface area contributed by atoms with Gasteiger partial charge in [0.05, 0.1) is 10.9 Å². The summed E-state index contributed by atoms with van der Waals surface area (Å²) in [6.07, 6.45) is 3.05. The molecule has 0 aliphatic heterocycles. The van der Waals surface area contributed by atoms with E-state index in [1.807, 2.05) is 0 Å². The molecule has 0 radical (unpaired) electrons. The standard InChI is InChI=1S/C11H22N2O2S/c1-3-4-7-15-8-5-6-13-11(14)9(2)10(12)16/h9H,3-8H2,1-2H3,(H2,12,16)(H,13,14). The summed E-state index contributed by atoms with van der Waals surface area (Å²) >= 11 is 4.74. The van der Waals surface area contributed by atoms with Crippen LogP contribution in [0.4, 0.5) is 0 Å². The minimum Gasteiger partial charge on any atom is -0.393 e. The smallest absolute Gasteiger partial charge is 0.229 e. The molecular weight excluding hydrogens is 224 g/mol. The number of ether oxygens (including phenoxy) is 1. The monoisotopic (exact) mass is 246 g/mol. The van der Waals surface area contributed by atoms with Crippen molar-refractivity contribution < 1.29 is 9.53 Å². The molecule has 5 heteroatoms. The normalized spacial score (nSPS) is 12.1. The molecular formula is C11H22N2O2S. The Morgan fingerprint density at radius 2 is 2.06 bits per heavy atom. The Hall–Kier alpha value is -0.680. The van der Waals surface area contributed by atoms with Crippen molar-refractivity contribution >= 4 is 23.1 Å². The van der Waals surface area contributed by atoms with Crippen LogP contribution in [0.25, 0.3) is 0 Å². The Bertz CT molecular complexity index is 222. The Labute approximate surface area is 103 Å². The van der Waals surface area contributed by atoms with E-state index >= 15 is 0 Å². The number of rotatable bonds is 9. The Balaban J connectivity index is 3.38. The van der Waals surface area contributed by atoms with E-state index in [0.717, 1.165) is 25.9 Å². The summed E-state index contributed by atoms with van der Waals surface area (Å²) in [6, 6.07) is 0. The molecule has 94 valence electrons. The number of hydrogen-bond donors (Lipinski definition) is 2. The first kappa shape index (κ1) is 15.3. The number of hydrogen-bond acceptors (Lipinski definition) is 3. The molecule has 16 heavy (non-hydrogen) atoms. The van der Waals surface area contributed by atoms with Crippen LogP contribution in [-0.4, -0.2) is 30.7 Å². The predicted octanol–water partition coefficient (Wildman–Crippen LogP) is 1.23. The highest BCUT2D eigenvalue weighted by Crippen LogP contribution is 1.95. The third-order valence-corrected chi connectivity index (χ3v) is 2.58. The van der Waals surface area contributed by atoms with Crippen molar-refractivity contribution in [3.63, 3.8) is 0 Å². The topological polar surface area (TPSA) is 64.3 Å². The van der Waals surface area contributed by atoms with Gasteiger partial charge in [-0.1, -0.05) is 25.6 Å². The maximum absolute atomic E-state index is 11.4. The fourth-order valence-electron chi connectivity index (χ4n) is 1.02. The number of carbonyl (C=O) groups is 1. The Morgan fingerprint density at radius 3 is 2.62 bits per heavy atom. The van der Waals surface area contributed by atoms with E-state index in [1.165, 1.54) is 0 Å². The molecule has 0 heterocycles. The first-order chi connectivity index (χ1) is 7.59. The zero-order chi connectivity index (χ0) is 12.4. The Kier molecular flexibility index (Phi) is 9.13. The molecule has 3 N–H and O–H groups in total. The van der Waals surface area contributed by atoms with Gasteiger partial charge in [-0.05, 0) is 19.8 Å². The van der Waals surface area contributed by atoms with Gasteiger partial charge in [0, 0.05) is 19.8 Å². The number of unbranched alkanes of at least 4 members (excludes halogenated alkanes) is 1. The summed E-state index contributed by atoms with van der Waals surface area (Å²) in [6.45, 7) is 5.92. The highest BCUT2D eigenvalue weighted by molar-refractivity contribution is 7.80. The summed E-state index contributed by atoms with van der Waals surface area (Å²) in [4.78, 5) is 11.6. The van der Waals surface area contributed by atoms with Crippen molar-refractivity contribution in [1.29, 1.82) is 0 Å². The molecule has 0 aromatic heterocycles. The SMILES string of the molecule is CCCCOCCCNC(=O)C(C)C(N)=S. The van der Waals surface area contributed by atoms with Gasteiger partial charge in [-0.2, -0.15) is 0 Å². The van der Waals surface area contributed by atoms with Crippen molar-refractivity contribution in [2.75, 3.05) is 19.8 Å². The molecule has 1 amide bonds. The third-order valence-electron chi connectivity index (χ3n) is 2.23. The zero-order valence-corrected chi connectivity index (χ0v) is 10.9. The average Bonchev–Trinajstić information content (AvgIpc) is 2.26. The predicted molar refractivity (Wildman–Crippen MR) is 69.3 cm³/mol. The van der Waals surface area contributed by atoms with E-state index in [4.69, 9.17) is 22.7 Å².